The van der Waals surface area contributed by atoms with Crippen molar-refractivity contribution in [2.45, 2.75) is 5.33 Å². The van der Waals surface area contributed by atoms with Crippen LogP contribution in [-0.2, 0) is 5.33 Å². The SMILES string of the molecule is Br.Nc1ccc(CBr)nc1. The first kappa shape index (κ1) is 9.91. The summed E-state index contributed by atoms with van der Waals surface area (Å²) in [7, 11) is 0. The van der Waals surface area contributed by atoms with Gasteiger partial charge in [0.05, 0.1) is 17.6 Å². The van der Waals surface area contributed by atoms with Gasteiger partial charge >= 0.3 is 0 Å². The maximum Gasteiger partial charge on any atom is 0.0510 e. The van der Waals surface area contributed by atoms with Gasteiger partial charge in [-0.1, -0.05) is 15.9 Å². The van der Waals surface area contributed by atoms with E-state index in [0.717, 1.165) is 11.0 Å². The molecule has 0 aliphatic rings. The van der Waals surface area contributed by atoms with E-state index in [9.17, 15) is 0 Å². The minimum atomic E-state index is 0. The molecule has 0 saturated carbocycles. The molecule has 0 amide bonds. The van der Waals surface area contributed by atoms with Gasteiger partial charge in [0, 0.05) is 5.33 Å². The highest BCUT2D eigenvalue weighted by molar-refractivity contribution is 9.08. The molecule has 4 heteroatoms. The molecule has 0 saturated heterocycles. The number of hydrogen-bond donors (Lipinski definition) is 1. The predicted molar refractivity (Wildman–Crippen MR) is 51.6 cm³/mol. The van der Waals surface area contributed by atoms with Gasteiger partial charge in [0.2, 0.25) is 0 Å². The lowest BCUT2D eigenvalue weighted by molar-refractivity contribution is 1.19. The van der Waals surface area contributed by atoms with Crippen LogP contribution in [0, 0.1) is 0 Å². The van der Waals surface area contributed by atoms with Crippen molar-refractivity contribution in [2.75, 3.05) is 5.73 Å². The average molecular weight is 268 g/mol. The molecule has 10 heavy (non-hydrogen) atoms. The highest BCUT2D eigenvalue weighted by Gasteiger charge is 1.87. The quantitative estimate of drug-likeness (QED) is 0.792. The van der Waals surface area contributed by atoms with Crippen LogP contribution in [0.4, 0.5) is 5.69 Å². The van der Waals surface area contributed by atoms with E-state index < -0.39 is 0 Å². The van der Waals surface area contributed by atoms with Gasteiger partial charge in [0.1, 0.15) is 0 Å². The Balaban J connectivity index is 0.000000810. The summed E-state index contributed by atoms with van der Waals surface area (Å²) in [4.78, 5) is 4.02. The van der Waals surface area contributed by atoms with Crippen molar-refractivity contribution >= 4 is 38.6 Å². The first-order chi connectivity index (χ1) is 4.33. The van der Waals surface area contributed by atoms with Crippen LogP contribution in [0.2, 0.25) is 0 Å². The normalized spacial score (nSPS) is 8.50. The van der Waals surface area contributed by atoms with Gasteiger partial charge in [-0.2, -0.15) is 0 Å². The van der Waals surface area contributed by atoms with Crippen LogP contribution in [-0.4, -0.2) is 4.98 Å². The number of nitrogen functional groups attached to an aromatic ring is 1. The molecule has 0 bridgehead atoms. The second-order valence-electron chi connectivity index (χ2n) is 1.72. The molecule has 0 aliphatic carbocycles. The second kappa shape index (κ2) is 4.68. The minimum Gasteiger partial charge on any atom is -0.397 e. The lowest BCUT2D eigenvalue weighted by Crippen LogP contribution is -1.88. The van der Waals surface area contributed by atoms with E-state index in [1.807, 2.05) is 12.1 Å². The molecule has 0 aliphatic heterocycles. The zero-order valence-corrected chi connectivity index (χ0v) is 8.55. The lowest BCUT2D eigenvalue weighted by atomic mass is 10.4. The third-order valence-corrected chi connectivity index (χ3v) is 1.56. The number of aromatic nitrogens is 1. The summed E-state index contributed by atoms with van der Waals surface area (Å²) < 4.78 is 0. The molecular formula is C6H8Br2N2. The molecule has 1 heterocycles. The summed E-state index contributed by atoms with van der Waals surface area (Å²) in [6, 6.07) is 3.73. The van der Waals surface area contributed by atoms with E-state index in [0.29, 0.717) is 5.69 Å². The van der Waals surface area contributed by atoms with Crippen LogP contribution < -0.4 is 5.73 Å². The number of halogens is 2. The Morgan fingerprint density at radius 3 is 2.60 bits per heavy atom. The summed E-state index contributed by atoms with van der Waals surface area (Å²) >= 11 is 3.28. The molecule has 1 rings (SSSR count). The van der Waals surface area contributed by atoms with E-state index >= 15 is 0 Å². The average Bonchev–Trinajstić information content (AvgIpc) is 1.90. The van der Waals surface area contributed by atoms with Crippen molar-refractivity contribution in [1.29, 1.82) is 0 Å². The maximum atomic E-state index is 5.40. The molecule has 0 fully saturated rings. The standard InChI is InChI=1S/C6H7BrN2.BrH/c7-3-6-2-1-5(8)4-9-6;/h1-2,4H,3,8H2;1H. The fourth-order valence-electron chi connectivity index (χ4n) is 0.515. The fourth-order valence-corrected chi connectivity index (χ4v) is 0.847. The van der Waals surface area contributed by atoms with Crippen molar-refractivity contribution in [3.05, 3.63) is 24.0 Å². The number of nitrogens with two attached hydrogens (primary N) is 1. The van der Waals surface area contributed by atoms with Crippen molar-refractivity contribution in [2.24, 2.45) is 0 Å². The Kier molecular flexibility index (Phi) is 4.64. The van der Waals surface area contributed by atoms with Crippen LogP contribution >= 0.6 is 32.9 Å². The van der Waals surface area contributed by atoms with E-state index in [4.69, 9.17) is 5.73 Å². The number of rotatable bonds is 1. The summed E-state index contributed by atoms with van der Waals surface area (Å²) in [5.41, 5.74) is 7.12. The van der Waals surface area contributed by atoms with Gasteiger partial charge in [-0.25, -0.2) is 0 Å². The molecule has 0 aromatic carbocycles. The summed E-state index contributed by atoms with van der Waals surface area (Å²) in [6.45, 7) is 0. The van der Waals surface area contributed by atoms with Crippen molar-refractivity contribution in [3.63, 3.8) is 0 Å². The molecule has 2 N–H and O–H groups in total. The molecule has 0 spiro atoms. The number of anilines is 1. The van der Waals surface area contributed by atoms with Crippen LogP contribution in [0.15, 0.2) is 18.3 Å². The fraction of sp³-hybridized carbons (Fsp3) is 0.167. The molecule has 2 nitrogen and oxygen atoms in total. The Bertz CT molecular complexity index is 185. The first-order valence-electron chi connectivity index (χ1n) is 2.59. The number of alkyl halides is 1. The first-order valence-corrected chi connectivity index (χ1v) is 3.71. The predicted octanol–water partition coefficient (Wildman–Crippen LogP) is 2.14. The molecule has 56 valence electrons. The Morgan fingerprint density at radius 1 is 1.50 bits per heavy atom. The monoisotopic (exact) mass is 266 g/mol. The molecule has 1 aromatic rings. The number of nitrogens with zero attached hydrogens (tertiary/aromatic N) is 1. The molecule has 1 aromatic heterocycles. The van der Waals surface area contributed by atoms with Crippen molar-refractivity contribution in [3.8, 4) is 0 Å². The molecule has 0 unspecified atom stereocenters. The third-order valence-electron chi connectivity index (χ3n) is 0.985. The topological polar surface area (TPSA) is 38.9 Å². The molecule has 0 atom stereocenters. The van der Waals surface area contributed by atoms with Crippen molar-refractivity contribution in [1.82, 2.24) is 4.98 Å². The summed E-state index contributed by atoms with van der Waals surface area (Å²) in [5.74, 6) is 0. The van der Waals surface area contributed by atoms with Gasteiger partial charge < -0.3 is 5.73 Å². The van der Waals surface area contributed by atoms with Gasteiger partial charge in [0.15, 0.2) is 0 Å². The van der Waals surface area contributed by atoms with Gasteiger partial charge in [-0.3, -0.25) is 4.98 Å². The lowest BCUT2D eigenvalue weighted by Gasteiger charge is -1.92. The Morgan fingerprint density at radius 2 is 2.20 bits per heavy atom. The zero-order valence-electron chi connectivity index (χ0n) is 5.25. The Hall–Kier alpha value is -0.0900. The van der Waals surface area contributed by atoms with Crippen LogP contribution in [0.3, 0.4) is 0 Å². The van der Waals surface area contributed by atoms with Gasteiger partial charge in [-0.05, 0) is 12.1 Å². The summed E-state index contributed by atoms with van der Waals surface area (Å²) in [5, 5.41) is 0.785. The molecular weight excluding hydrogens is 260 g/mol. The molecule has 0 radical (unpaired) electrons. The van der Waals surface area contributed by atoms with Gasteiger partial charge in [-0.15, -0.1) is 17.0 Å². The van der Waals surface area contributed by atoms with E-state index in [1.54, 1.807) is 6.20 Å². The third kappa shape index (κ3) is 2.66. The van der Waals surface area contributed by atoms with Gasteiger partial charge in [0.25, 0.3) is 0 Å². The van der Waals surface area contributed by atoms with Crippen molar-refractivity contribution < 1.29 is 0 Å². The highest BCUT2D eigenvalue weighted by atomic mass is 79.9. The zero-order chi connectivity index (χ0) is 6.69. The Labute approximate surface area is 78.7 Å². The second-order valence-corrected chi connectivity index (χ2v) is 2.28. The highest BCUT2D eigenvalue weighted by Crippen LogP contribution is 2.03. The van der Waals surface area contributed by atoms with E-state index in [2.05, 4.69) is 20.9 Å². The van der Waals surface area contributed by atoms with Crippen LogP contribution in [0.5, 0.6) is 0 Å². The van der Waals surface area contributed by atoms with E-state index in [1.165, 1.54) is 0 Å². The smallest absolute Gasteiger partial charge is 0.0510 e. The van der Waals surface area contributed by atoms with Crippen LogP contribution in [0.25, 0.3) is 0 Å². The number of hydrogen-bond acceptors (Lipinski definition) is 2. The largest absolute Gasteiger partial charge is 0.397 e. The van der Waals surface area contributed by atoms with Crippen LogP contribution in [0.1, 0.15) is 5.69 Å². The minimum absolute atomic E-state index is 0. The summed E-state index contributed by atoms with van der Waals surface area (Å²) in [6.07, 6.45) is 1.65. The maximum absolute atomic E-state index is 5.40. The van der Waals surface area contributed by atoms with E-state index in [-0.39, 0.29) is 17.0 Å². The number of pyridine rings is 1.